The molecule has 1 heterocycles. The Morgan fingerprint density at radius 2 is 2.21 bits per heavy atom. The van der Waals surface area contributed by atoms with Crippen LogP contribution in [0.25, 0.3) is 0 Å². The Kier molecular flexibility index (Phi) is 4.84. The monoisotopic (exact) mass is 328 g/mol. The van der Waals surface area contributed by atoms with Crippen LogP contribution in [0.15, 0.2) is 22.7 Å². The third-order valence-electron chi connectivity index (χ3n) is 3.54. The van der Waals surface area contributed by atoms with Gasteiger partial charge >= 0.3 is 0 Å². The summed E-state index contributed by atoms with van der Waals surface area (Å²) in [5, 5.41) is 0. The third-order valence-corrected chi connectivity index (χ3v) is 4.03. The van der Waals surface area contributed by atoms with Crippen LogP contribution in [-0.2, 0) is 11.3 Å². The van der Waals surface area contributed by atoms with Crippen molar-refractivity contribution in [3.8, 4) is 5.75 Å². The molecule has 1 fully saturated rings. The lowest BCUT2D eigenvalue weighted by molar-refractivity contribution is -0.118. The zero-order chi connectivity index (χ0) is 13.9. The average Bonchev–Trinajstić information content (AvgIpc) is 2.34. The largest absolute Gasteiger partial charge is 0.496 e. The molecule has 0 aliphatic carbocycles. The molecule has 106 valence electrons. The predicted octanol–water partition coefficient (Wildman–Crippen LogP) is 1.86. The molecule has 1 aromatic rings. The summed E-state index contributed by atoms with van der Waals surface area (Å²) in [6, 6.07) is 6.07. The molecule has 0 saturated carbocycles. The van der Waals surface area contributed by atoms with Gasteiger partial charge < -0.3 is 20.1 Å². The first-order valence-electron chi connectivity index (χ1n) is 6.37. The standard InChI is InChI=1S/C14H21BrN2O2/c1-17(8-14(7-16)9-19-10-14)6-11-5-12(15)3-4-13(11)18-2/h3-5H,6-10,16H2,1-2H3. The van der Waals surface area contributed by atoms with Crippen molar-refractivity contribution in [1.82, 2.24) is 4.90 Å². The smallest absolute Gasteiger partial charge is 0.123 e. The molecule has 5 heteroatoms. The van der Waals surface area contributed by atoms with E-state index in [1.807, 2.05) is 12.1 Å². The first kappa shape index (κ1) is 14.8. The van der Waals surface area contributed by atoms with Crippen molar-refractivity contribution < 1.29 is 9.47 Å². The molecule has 1 aliphatic rings. The zero-order valence-electron chi connectivity index (χ0n) is 11.5. The van der Waals surface area contributed by atoms with Crippen LogP contribution < -0.4 is 10.5 Å². The lowest BCUT2D eigenvalue weighted by Crippen LogP contribution is -2.54. The van der Waals surface area contributed by atoms with E-state index in [1.165, 1.54) is 5.56 Å². The van der Waals surface area contributed by atoms with Crippen molar-refractivity contribution >= 4 is 15.9 Å². The van der Waals surface area contributed by atoms with Gasteiger partial charge in [-0.1, -0.05) is 15.9 Å². The predicted molar refractivity (Wildman–Crippen MR) is 79.3 cm³/mol. The van der Waals surface area contributed by atoms with E-state index < -0.39 is 0 Å². The van der Waals surface area contributed by atoms with Gasteiger partial charge in [0.15, 0.2) is 0 Å². The lowest BCUT2D eigenvalue weighted by atomic mass is 9.85. The summed E-state index contributed by atoms with van der Waals surface area (Å²) in [6.45, 7) is 3.99. The van der Waals surface area contributed by atoms with Gasteiger partial charge in [-0.3, -0.25) is 0 Å². The minimum atomic E-state index is 0.133. The van der Waals surface area contributed by atoms with Gasteiger partial charge in [-0.25, -0.2) is 0 Å². The molecule has 2 N–H and O–H groups in total. The van der Waals surface area contributed by atoms with E-state index in [4.69, 9.17) is 15.2 Å². The van der Waals surface area contributed by atoms with E-state index >= 15 is 0 Å². The van der Waals surface area contributed by atoms with Gasteiger partial charge in [0.25, 0.3) is 0 Å². The minimum Gasteiger partial charge on any atom is -0.496 e. The minimum absolute atomic E-state index is 0.133. The van der Waals surface area contributed by atoms with Crippen LogP contribution in [0.3, 0.4) is 0 Å². The van der Waals surface area contributed by atoms with E-state index in [-0.39, 0.29) is 5.41 Å². The Labute approximate surface area is 123 Å². The number of halogens is 1. The Morgan fingerprint density at radius 3 is 2.74 bits per heavy atom. The normalized spacial score (nSPS) is 17.3. The van der Waals surface area contributed by atoms with Gasteiger partial charge in [-0.2, -0.15) is 0 Å². The molecule has 0 radical (unpaired) electrons. The number of benzene rings is 1. The Morgan fingerprint density at radius 1 is 1.47 bits per heavy atom. The number of hydrogen-bond acceptors (Lipinski definition) is 4. The van der Waals surface area contributed by atoms with Crippen LogP contribution in [-0.4, -0.2) is 45.4 Å². The summed E-state index contributed by atoms with van der Waals surface area (Å²) in [6.07, 6.45) is 0. The van der Waals surface area contributed by atoms with Crippen molar-refractivity contribution in [2.45, 2.75) is 6.54 Å². The summed E-state index contributed by atoms with van der Waals surface area (Å²) >= 11 is 3.50. The summed E-state index contributed by atoms with van der Waals surface area (Å²) in [4.78, 5) is 2.28. The highest BCUT2D eigenvalue weighted by Gasteiger charge is 2.38. The topological polar surface area (TPSA) is 47.7 Å². The fraction of sp³-hybridized carbons (Fsp3) is 0.571. The van der Waals surface area contributed by atoms with Crippen molar-refractivity contribution in [3.05, 3.63) is 28.2 Å². The molecule has 2 rings (SSSR count). The molecule has 1 aliphatic heterocycles. The second-order valence-electron chi connectivity index (χ2n) is 5.33. The molecule has 0 spiro atoms. The molecule has 1 saturated heterocycles. The molecule has 19 heavy (non-hydrogen) atoms. The van der Waals surface area contributed by atoms with E-state index in [9.17, 15) is 0 Å². The maximum absolute atomic E-state index is 5.85. The second kappa shape index (κ2) is 6.22. The van der Waals surface area contributed by atoms with Gasteiger partial charge in [0.1, 0.15) is 5.75 Å². The molecule has 0 bridgehead atoms. The SMILES string of the molecule is COc1ccc(Br)cc1CN(C)CC1(CN)COC1. The van der Waals surface area contributed by atoms with Gasteiger partial charge in [0.05, 0.1) is 20.3 Å². The maximum Gasteiger partial charge on any atom is 0.123 e. The quantitative estimate of drug-likeness (QED) is 0.866. The van der Waals surface area contributed by atoms with Crippen LogP contribution in [0.1, 0.15) is 5.56 Å². The summed E-state index contributed by atoms with van der Waals surface area (Å²) in [7, 11) is 3.81. The van der Waals surface area contributed by atoms with Crippen molar-refractivity contribution in [1.29, 1.82) is 0 Å². The first-order valence-corrected chi connectivity index (χ1v) is 7.17. The number of nitrogens with two attached hydrogens (primary N) is 1. The van der Waals surface area contributed by atoms with Crippen LogP contribution in [0.2, 0.25) is 0 Å². The number of ether oxygens (including phenoxy) is 2. The van der Waals surface area contributed by atoms with Crippen LogP contribution in [0.5, 0.6) is 5.75 Å². The van der Waals surface area contributed by atoms with Crippen molar-refractivity contribution in [2.24, 2.45) is 11.1 Å². The molecule has 0 unspecified atom stereocenters. The zero-order valence-corrected chi connectivity index (χ0v) is 13.1. The number of hydrogen-bond donors (Lipinski definition) is 1. The Bertz CT molecular complexity index is 430. The van der Waals surface area contributed by atoms with E-state index in [0.717, 1.165) is 36.5 Å². The van der Waals surface area contributed by atoms with E-state index in [2.05, 4.69) is 33.9 Å². The molecule has 1 aromatic carbocycles. The van der Waals surface area contributed by atoms with Crippen LogP contribution in [0, 0.1) is 5.41 Å². The first-order chi connectivity index (χ1) is 9.08. The van der Waals surface area contributed by atoms with Crippen molar-refractivity contribution in [2.75, 3.05) is 40.5 Å². The summed E-state index contributed by atoms with van der Waals surface area (Å²) < 4.78 is 11.8. The van der Waals surface area contributed by atoms with E-state index in [1.54, 1.807) is 7.11 Å². The Balaban J connectivity index is 2.02. The fourth-order valence-corrected chi connectivity index (χ4v) is 2.86. The second-order valence-corrected chi connectivity index (χ2v) is 6.24. The number of methoxy groups -OCH3 is 1. The van der Waals surface area contributed by atoms with E-state index in [0.29, 0.717) is 6.54 Å². The highest BCUT2D eigenvalue weighted by atomic mass is 79.9. The van der Waals surface area contributed by atoms with Gasteiger partial charge in [0.2, 0.25) is 0 Å². The summed E-state index contributed by atoms with van der Waals surface area (Å²) in [5.74, 6) is 0.918. The van der Waals surface area contributed by atoms with Crippen molar-refractivity contribution in [3.63, 3.8) is 0 Å². The number of nitrogens with zero attached hydrogens (tertiary/aromatic N) is 1. The highest BCUT2D eigenvalue weighted by molar-refractivity contribution is 9.10. The van der Waals surface area contributed by atoms with Gasteiger partial charge in [-0.15, -0.1) is 0 Å². The molecule has 4 nitrogen and oxygen atoms in total. The third kappa shape index (κ3) is 3.48. The maximum atomic E-state index is 5.85. The molecule has 0 atom stereocenters. The average molecular weight is 329 g/mol. The van der Waals surface area contributed by atoms with Crippen LogP contribution >= 0.6 is 15.9 Å². The number of rotatable bonds is 6. The molecule has 0 amide bonds. The molecular weight excluding hydrogens is 308 g/mol. The molecule has 0 aromatic heterocycles. The Hall–Kier alpha value is -0.620. The van der Waals surface area contributed by atoms with Gasteiger partial charge in [0, 0.05) is 35.1 Å². The lowest BCUT2D eigenvalue weighted by Gasteiger charge is -2.43. The highest BCUT2D eigenvalue weighted by Crippen LogP contribution is 2.29. The summed E-state index contributed by atoms with van der Waals surface area (Å²) in [5.41, 5.74) is 7.16. The van der Waals surface area contributed by atoms with Crippen LogP contribution in [0.4, 0.5) is 0 Å². The van der Waals surface area contributed by atoms with Gasteiger partial charge in [-0.05, 0) is 25.2 Å². The fourth-order valence-electron chi connectivity index (χ4n) is 2.45. The molecular formula is C14H21BrN2O2.